The van der Waals surface area contributed by atoms with Crippen LogP contribution in [-0.4, -0.2) is 32.0 Å². The van der Waals surface area contributed by atoms with Crippen LogP contribution in [0.1, 0.15) is 38.7 Å². The van der Waals surface area contributed by atoms with Crippen molar-refractivity contribution in [3.05, 3.63) is 107 Å². The molecule has 5 N–H and O–H groups in total. The largest absolute Gasteiger partial charge is 0.355 e. The third kappa shape index (κ3) is 4.73. The van der Waals surface area contributed by atoms with Crippen LogP contribution in [0.25, 0.3) is 46.4 Å². The van der Waals surface area contributed by atoms with E-state index >= 15 is 0 Å². The van der Waals surface area contributed by atoms with Gasteiger partial charge in [0.1, 0.15) is 0 Å². The van der Waals surface area contributed by atoms with Crippen LogP contribution >= 0.6 is 0 Å². The minimum Gasteiger partial charge on any atom is -0.355 e. The molecule has 0 spiro atoms. The van der Waals surface area contributed by atoms with Gasteiger partial charge in [0.2, 0.25) is 0 Å². The first-order valence-corrected chi connectivity index (χ1v) is 11.8. The van der Waals surface area contributed by atoms with Crippen molar-refractivity contribution in [3.63, 3.8) is 0 Å². The Morgan fingerprint density at radius 1 is 0.750 bits per heavy atom. The summed E-state index contributed by atoms with van der Waals surface area (Å²) in [6, 6.07) is 23.2. The number of aromatic amines is 2. The molecule has 0 fully saturated rings. The third-order valence-corrected chi connectivity index (χ3v) is 6.05. The van der Waals surface area contributed by atoms with Crippen LogP contribution in [0.2, 0.25) is 0 Å². The van der Waals surface area contributed by atoms with Crippen molar-refractivity contribution in [1.82, 2.24) is 25.3 Å². The highest BCUT2D eigenvalue weighted by molar-refractivity contribution is 5.94. The van der Waals surface area contributed by atoms with Crippen LogP contribution in [-0.2, 0) is 6.42 Å². The topological polar surface area (TPSA) is 112 Å². The molecule has 1 atom stereocenters. The van der Waals surface area contributed by atoms with E-state index in [1.807, 2.05) is 78.9 Å². The van der Waals surface area contributed by atoms with Gasteiger partial charge in [0.05, 0.1) is 28.9 Å². The summed E-state index contributed by atoms with van der Waals surface area (Å²) >= 11 is 0. The average molecular weight is 473 g/mol. The highest BCUT2D eigenvalue weighted by Crippen LogP contribution is 2.20. The van der Waals surface area contributed by atoms with Crippen molar-refractivity contribution in [1.29, 1.82) is 0 Å². The molecule has 0 saturated heterocycles. The van der Waals surface area contributed by atoms with Gasteiger partial charge in [-0.3, -0.25) is 4.79 Å². The Balaban J connectivity index is 1.42. The second-order valence-corrected chi connectivity index (χ2v) is 8.85. The Morgan fingerprint density at radius 3 is 2.11 bits per heavy atom. The van der Waals surface area contributed by atoms with Crippen molar-refractivity contribution in [2.24, 2.45) is 5.73 Å². The van der Waals surface area contributed by atoms with Gasteiger partial charge in [0, 0.05) is 34.1 Å². The van der Waals surface area contributed by atoms with Gasteiger partial charge >= 0.3 is 0 Å². The molecule has 7 heteroatoms. The molecule has 176 valence electrons. The first-order chi connectivity index (χ1) is 17.6. The molecular weight excluding hydrogens is 448 g/mol. The molecule has 3 aromatic heterocycles. The number of hydrogen-bond donors (Lipinski definition) is 4. The van der Waals surface area contributed by atoms with Crippen LogP contribution < -0.4 is 11.1 Å². The Hall–Kier alpha value is -4.75. The molecular formula is C29H24N6O. The number of fused-ring (bicyclic) bond motifs is 8. The molecule has 2 aliphatic rings. The fraction of sp³-hybridized carbons (Fsp3) is 0.0690. The van der Waals surface area contributed by atoms with Crippen molar-refractivity contribution >= 4 is 52.3 Å². The summed E-state index contributed by atoms with van der Waals surface area (Å²) in [6.07, 6.45) is 7.83. The molecule has 1 unspecified atom stereocenters. The zero-order chi connectivity index (χ0) is 24.5. The number of nitrogens with zero attached hydrogens (tertiary/aromatic N) is 2. The SMILES string of the molecule is NC(Cc1cc2cc3ccc(cc4nc(cc5nc(cc1[nH]2)C=C5)C=C4)[nH]3)NC(=O)c1ccccc1. The van der Waals surface area contributed by atoms with E-state index in [1.54, 1.807) is 12.1 Å². The lowest BCUT2D eigenvalue weighted by molar-refractivity contribution is 0.0938. The predicted molar refractivity (Wildman–Crippen MR) is 144 cm³/mol. The Labute approximate surface area is 207 Å². The molecule has 36 heavy (non-hydrogen) atoms. The summed E-state index contributed by atoms with van der Waals surface area (Å²) in [5.41, 5.74) is 15.1. The van der Waals surface area contributed by atoms with Crippen LogP contribution in [0.4, 0.5) is 0 Å². The summed E-state index contributed by atoms with van der Waals surface area (Å²) in [6.45, 7) is 0. The van der Waals surface area contributed by atoms with Gasteiger partial charge in [-0.1, -0.05) is 18.2 Å². The normalized spacial score (nSPS) is 13.0. The molecule has 4 aromatic rings. The van der Waals surface area contributed by atoms with Crippen LogP contribution in [0.15, 0.2) is 72.8 Å². The van der Waals surface area contributed by atoms with Crippen molar-refractivity contribution in [2.75, 3.05) is 0 Å². The fourth-order valence-electron chi connectivity index (χ4n) is 4.38. The Kier molecular flexibility index (Phi) is 5.52. The third-order valence-electron chi connectivity index (χ3n) is 6.05. The molecule has 8 bridgehead atoms. The summed E-state index contributed by atoms with van der Waals surface area (Å²) in [7, 11) is 0. The van der Waals surface area contributed by atoms with E-state index in [0.29, 0.717) is 12.0 Å². The van der Waals surface area contributed by atoms with Crippen molar-refractivity contribution in [2.45, 2.75) is 12.6 Å². The van der Waals surface area contributed by atoms with Crippen molar-refractivity contribution in [3.8, 4) is 0 Å². The minimum absolute atomic E-state index is 0.196. The number of aromatic nitrogens is 4. The molecule has 1 aromatic carbocycles. The first-order valence-electron chi connectivity index (χ1n) is 11.8. The number of amides is 1. The van der Waals surface area contributed by atoms with E-state index in [9.17, 15) is 4.79 Å². The smallest absolute Gasteiger partial charge is 0.252 e. The predicted octanol–water partition coefficient (Wildman–Crippen LogP) is 4.91. The average Bonchev–Trinajstić information content (AvgIpc) is 3.66. The maximum Gasteiger partial charge on any atom is 0.252 e. The number of carbonyl (C=O) groups is 1. The molecule has 6 rings (SSSR count). The molecule has 0 saturated carbocycles. The van der Waals surface area contributed by atoms with E-state index in [4.69, 9.17) is 10.7 Å². The van der Waals surface area contributed by atoms with E-state index in [0.717, 1.165) is 50.4 Å². The van der Waals surface area contributed by atoms with E-state index < -0.39 is 6.17 Å². The lowest BCUT2D eigenvalue weighted by atomic mass is 10.1. The van der Waals surface area contributed by atoms with Gasteiger partial charge in [-0.05, 0) is 84.5 Å². The Bertz CT molecular complexity index is 1680. The first kappa shape index (κ1) is 21.8. The minimum atomic E-state index is -0.553. The molecule has 7 nitrogen and oxygen atoms in total. The molecule has 2 aliphatic heterocycles. The monoisotopic (exact) mass is 472 g/mol. The second kappa shape index (κ2) is 9.13. The molecule has 1 amide bonds. The zero-order valence-corrected chi connectivity index (χ0v) is 19.4. The van der Waals surface area contributed by atoms with E-state index in [2.05, 4.69) is 26.3 Å². The van der Waals surface area contributed by atoms with Gasteiger partial charge in [-0.25, -0.2) is 9.97 Å². The van der Waals surface area contributed by atoms with Crippen LogP contribution in [0, 0.1) is 0 Å². The second-order valence-electron chi connectivity index (χ2n) is 8.85. The van der Waals surface area contributed by atoms with Crippen LogP contribution in [0.5, 0.6) is 0 Å². The van der Waals surface area contributed by atoms with Crippen LogP contribution in [0.3, 0.4) is 0 Å². The lowest BCUT2D eigenvalue weighted by Crippen LogP contribution is -2.43. The standard InChI is InChI=1S/C29H24N6O/c30-28(35-29(36)18-4-2-1-3-5-18)13-19-12-26-16-24-9-8-22(32-24)14-20-6-7-21(31-20)15-23-10-11-25(33-23)17-27(19)34-26/h1-12,14-17,28,32,34H,13,30H2,(H,35,36). The molecule has 0 radical (unpaired) electrons. The molecule has 0 aliphatic carbocycles. The maximum absolute atomic E-state index is 12.6. The number of H-pyrrole nitrogens is 2. The van der Waals surface area contributed by atoms with Crippen molar-refractivity contribution < 1.29 is 4.79 Å². The number of benzene rings is 1. The van der Waals surface area contributed by atoms with Gasteiger partial charge in [-0.2, -0.15) is 0 Å². The summed E-state index contributed by atoms with van der Waals surface area (Å²) in [5.74, 6) is -0.196. The molecule has 5 heterocycles. The quantitative estimate of drug-likeness (QED) is 0.273. The van der Waals surface area contributed by atoms with Gasteiger partial charge in [0.25, 0.3) is 5.91 Å². The summed E-state index contributed by atoms with van der Waals surface area (Å²) < 4.78 is 0. The van der Waals surface area contributed by atoms with Gasteiger partial charge < -0.3 is 21.0 Å². The Morgan fingerprint density at radius 2 is 1.39 bits per heavy atom. The van der Waals surface area contributed by atoms with E-state index in [1.165, 1.54) is 0 Å². The maximum atomic E-state index is 12.6. The number of carbonyl (C=O) groups excluding carboxylic acids is 1. The number of hydrogen-bond acceptors (Lipinski definition) is 4. The highest BCUT2D eigenvalue weighted by Gasteiger charge is 2.13. The zero-order valence-electron chi connectivity index (χ0n) is 19.4. The number of rotatable bonds is 4. The number of nitrogens with one attached hydrogen (secondary N) is 3. The number of nitrogens with two attached hydrogens (primary N) is 1. The van der Waals surface area contributed by atoms with Gasteiger partial charge in [-0.15, -0.1) is 0 Å². The van der Waals surface area contributed by atoms with Gasteiger partial charge in [0.15, 0.2) is 0 Å². The van der Waals surface area contributed by atoms with E-state index in [-0.39, 0.29) is 5.91 Å². The fourth-order valence-corrected chi connectivity index (χ4v) is 4.38. The lowest BCUT2D eigenvalue weighted by Gasteiger charge is -2.13. The summed E-state index contributed by atoms with van der Waals surface area (Å²) in [5, 5.41) is 2.90. The summed E-state index contributed by atoms with van der Waals surface area (Å²) in [4.78, 5) is 28.9. The highest BCUT2D eigenvalue weighted by atomic mass is 16.1.